The van der Waals surface area contributed by atoms with Gasteiger partial charge in [0.25, 0.3) is 0 Å². The number of aryl methyl sites for hydroxylation is 1. The smallest absolute Gasteiger partial charge is 0.332 e. The van der Waals surface area contributed by atoms with E-state index in [0.717, 1.165) is 38.6 Å². The molecule has 1 fully saturated rings. The first kappa shape index (κ1) is 23.0. The summed E-state index contributed by atoms with van der Waals surface area (Å²) >= 11 is 6.95. The van der Waals surface area contributed by atoms with Crippen LogP contribution in [0.1, 0.15) is 37.8 Å². The molecule has 0 saturated carbocycles. The Morgan fingerprint density at radius 2 is 1.50 bits per heavy atom. The van der Waals surface area contributed by atoms with Crippen LogP contribution in [0, 0.1) is 0 Å². The Hall–Kier alpha value is -2.15. The van der Waals surface area contributed by atoms with Crippen molar-refractivity contribution in [2.24, 2.45) is 0 Å². The summed E-state index contributed by atoms with van der Waals surface area (Å²) in [5.41, 5.74) is 1.76. The number of halogens is 2. The summed E-state index contributed by atoms with van der Waals surface area (Å²) in [5.74, 6) is 0. The van der Waals surface area contributed by atoms with Crippen LogP contribution >= 0.6 is 31.9 Å². The van der Waals surface area contributed by atoms with Crippen molar-refractivity contribution in [1.29, 1.82) is 0 Å². The van der Waals surface area contributed by atoms with Crippen LogP contribution in [-0.4, -0.2) is 17.2 Å². The first-order chi connectivity index (χ1) is 15.4. The van der Waals surface area contributed by atoms with E-state index in [0.29, 0.717) is 12.1 Å². The van der Waals surface area contributed by atoms with Crippen molar-refractivity contribution in [3.05, 3.63) is 92.9 Å². The zero-order valence-electron chi connectivity index (χ0n) is 18.1. The predicted octanol–water partition coefficient (Wildman–Crippen LogP) is 7.23. The zero-order valence-corrected chi connectivity index (χ0v) is 21.3. The summed E-state index contributed by atoms with van der Waals surface area (Å²) in [4.78, 5) is 17.3. The molecule has 2 amide bonds. The molecule has 1 aliphatic rings. The molecule has 3 aromatic carbocycles. The number of benzene rings is 3. The van der Waals surface area contributed by atoms with Gasteiger partial charge in [-0.15, -0.1) is 0 Å². The second kappa shape index (κ2) is 9.38. The number of aliphatic hydroxyl groups is 1. The van der Waals surface area contributed by atoms with Crippen molar-refractivity contribution in [3.8, 4) is 0 Å². The lowest BCUT2D eigenvalue weighted by atomic mass is 9.89. The van der Waals surface area contributed by atoms with Crippen LogP contribution in [0.2, 0.25) is 0 Å². The molecule has 1 saturated heterocycles. The number of amides is 2. The molecule has 1 N–H and O–H groups in total. The molecule has 1 heterocycles. The molecule has 0 spiro atoms. The van der Waals surface area contributed by atoms with Crippen molar-refractivity contribution < 1.29 is 9.90 Å². The monoisotopic (exact) mass is 556 g/mol. The van der Waals surface area contributed by atoms with Gasteiger partial charge in [0.05, 0.1) is 6.04 Å². The highest BCUT2D eigenvalue weighted by Crippen LogP contribution is 2.46. The van der Waals surface area contributed by atoms with Crippen LogP contribution < -0.4 is 9.80 Å². The second-order valence-electron chi connectivity index (χ2n) is 8.03. The minimum absolute atomic E-state index is 0.238. The number of carbonyl (C=O) groups excluding carboxylic acids is 1. The van der Waals surface area contributed by atoms with Crippen LogP contribution in [0.3, 0.4) is 0 Å². The summed E-state index contributed by atoms with van der Waals surface area (Å²) in [5, 5.41) is 12.5. The number of rotatable bonds is 6. The van der Waals surface area contributed by atoms with Gasteiger partial charge in [0, 0.05) is 25.9 Å². The van der Waals surface area contributed by atoms with Gasteiger partial charge in [-0.3, -0.25) is 9.80 Å². The lowest BCUT2D eigenvalue weighted by molar-refractivity contribution is 0.0289. The normalized spacial score (nSPS) is 20.8. The van der Waals surface area contributed by atoms with Gasteiger partial charge in [-0.05, 0) is 66.9 Å². The third-order valence-corrected chi connectivity index (χ3v) is 7.08. The number of nitrogens with zero attached hydrogens (tertiary/aromatic N) is 2. The molecule has 0 radical (unpaired) electrons. The second-order valence-corrected chi connectivity index (χ2v) is 9.86. The topological polar surface area (TPSA) is 43.8 Å². The third kappa shape index (κ3) is 4.00. The molecule has 3 aromatic rings. The van der Waals surface area contributed by atoms with E-state index in [4.69, 9.17) is 0 Å². The first-order valence-electron chi connectivity index (χ1n) is 10.9. The van der Waals surface area contributed by atoms with E-state index in [1.165, 1.54) is 0 Å². The number of urea groups is 1. The van der Waals surface area contributed by atoms with E-state index in [1.54, 1.807) is 9.80 Å². The molecule has 166 valence electrons. The number of anilines is 2. The van der Waals surface area contributed by atoms with E-state index in [1.807, 2.05) is 66.7 Å². The van der Waals surface area contributed by atoms with Gasteiger partial charge in [0.1, 0.15) is 0 Å². The maximum Gasteiger partial charge on any atom is 0.332 e. The quantitative estimate of drug-likeness (QED) is 0.347. The van der Waals surface area contributed by atoms with Crippen molar-refractivity contribution in [3.63, 3.8) is 0 Å². The van der Waals surface area contributed by atoms with Crippen molar-refractivity contribution >= 4 is 49.3 Å². The van der Waals surface area contributed by atoms with E-state index >= 15 is 0 Å². The molecule has 32 heavy (non-hydrogen) atoms. The molecule has 1 aliphatic heterocycles. The summed E-state index contributed by atoms with van der Waals surface area (Å²) in [6, 6.07) is 22.5. The number of hydrogen-bond donors (Lipinski definition) is 1. The highest BCUT2D eigenvalue weighted by molar-refractivity contribution is 9.10. The van der Waals surface area contributed by atoms with Crippen LogP contribution in [0.5, 0.6) is 0 Å². The lowest BCUT2D eigenvalue weighted by Crippen LogP contribution is -2.49. The zero-order chi connectivity index (χ0) is 22.9. The Morgan fingerprint density at radius 1 is 0.906 bits per heavy atom. The van der Waals surface area contributed by atoms with Gasteiger partial charge in [-0.1, -0.05) is 76.4 Å². The largest absolute Gasteiger partial charge is 0.365 e. The maximum atomic E-state index is 14.0. The Bertz CT molecular complexity index is 1100. The average Bonchev–Trinajstić information content (AvgIpc) is 3.03. The van der Waals surface area contributed by atoms with Gasteiger partial charge in [0.15, 0.2) is 5.72 Å². The van der Waals surface area contributed by atoms with Crippen molar-refractivity contribution in [2.75, 3.05) is 9.80 Å². The average molecular weight is 558 g/mol. The molecule has 0 bridgehead atoms. The van der Waals surface area contributed by atoms with Gasteiger partial charge < -0.3 is 5.11 Å². The minimum Gasteiger partial charge on any atom is -0.365 e. The molecule has 4 rings (SSSR count). The fourth-order valence-corrected chi connectivity index (χ4v) is 4.98. The van der Waals surface area contributed by atoms with Crippen molar-refractivity contribution in [1.82, 2.24) is 0 Å². The molecular weight excluding hydrogens is 532 g/mol. The molecular formula is C26H26Br2N2O2. The summed E-state index contributed by atoms with van der Waals surface area (Å²) < 4.78 is 1.86. The molecule has 6 heteroatoms. The fraction of sp³-hybridized carbons (Fsp3) is 0.269. The lowest BCUT2D eigenvalue weighted by Gasteiger charge is -2.37. The molecule has 1 unspecified atom stereocenters. The predicted molar refractivity (Wildman–Crippen MR) is 137 cm³/mol. The minimum atomic E-state index is -1.51. The highest BCUT2D eigenvalue weighted by Gasteiger charge is 2.58. The number of carbonyl (C=O) groups is 1. The van der Waals surface area contributed by atoms with Gasteiger partial charge in [-0.2, -0.15) is 0 Å². The standard InChI is InChI=1S/C26H26Br2N2O2/c1-3-6-24-26(32,19-8-5-7-18(4-2)17-19)30(23-15-11-21(28)12-16-23)25(31)29(24)22-13-9-20(27)10-14-22/h5,7-17,24,32H,3-4,6H2,1-2H3/t24-,26?/m1/s1. The Morgan fingerprint density at radius 3 is 2.06 bits per heavy atom. The molecule has 0 aliphatic carbocycles. The Kier molecular flexibility index (Phi) is 6.75. The van der Waals surface area contributed by atoms with Crippen LogP contribution in [0.15, 0.2) is 81.7 Å². The number of hydrogen-bond acceptors (Lipinski definition) is 2. The Labute approximate surface area is 206 Å². The highest BCUT2D eigenvalue weighted by atomic mass is 79.9. The fourth-order valence-electron chi connectivity index (χ4n) is 4.45. The molecule has 0 aromatic heterocycles. The molecule has 4 nitrogen and oxygen atoms in total. The molecule has 2 atom stereocenters. The van der Waals surface area contributed by atoms with Gasteiger partial charge in [0.2, 0.25) is 0 Å². The Balaban J connectivity index is 1.94. The van der Waals surface area contributed by atoms with E-state index in [9.17, 15) is 9.90 Å². The van der Waals surface area contributed by atoms with E-state index in [-0.39, 0.29) is 6.03 Å². The van der Waals surface area contributed by atoms with Gasteiger partial charge >= 0.3 is 6.03 Å². The van der Waals surface area contributed by atoms with Crippen LogP contribution in [0.4, 0.5) is 16.2 Å². The van der Waals surface area contributed by atoms with Gasteiger partial charge in [-0.25, -0.2) is 4.79 Å². The van der Waals surface area contributed by atoms with E-state index < -0.39 is 11.8 Å². The maximum absolute atomic E-state index is 14.0. The SMILES string of the molecule is CCC[C@H]1N(c2ccc(Br)cc2)C(=O)N(c2ccc(Br)cc2)C1(O)c1cccc(CC)c1. The van der Waals surface area contributed by atoms with E-state index in [2.05, 4.69) is 51.8 Å². The first-order valence-corrected chi connectivity index (χ1v) is 12.4. The summed E-state index contributed by atoms with van der Waals surface area (Å²) in [6.07, 6.45) is 2.33. The van der Waals surface area contributed by atoms with Crippen LogP contribution in [0.25, 0.3) is 0 Å². The van der Waals surface area contributed by atoms with Crippen molar-refractivity contribution in [2.45, 2.75) is 44.9 Å². The third-order valence-electron chi connectivity index (χ3n) is 6.03. The summed E-state index contributed by atoms with van der Waals surface area (Å²) in [6.45, 7) is 4.17. The van der Waals surface area contributed by atoms with Crippen LogP contribution in [-0.2, 0) is 12.1 Å². The summed E-state index contributed by atoms with van der Waals surface area (Å²) in [7, 11) is 0.